The van der Waals surface area contributed by atoms with E-state index < -0.39 is 0 Å². The average molecular weight is 248 g/mol. The van der Waals surface area contributed by atoms with Crippen LogP contribution in [0.5, 0.6) is 0 Å². The zero-order valence-corrected chi connectivity index (χ0v) is 10.7. The minimum atomic E-state index is 1.06. The second-order valence-electron chi connectivity index (χ2n) is 4.65. The van der Waals surface area contributed by atoms with Crippen molar-refractivity contribution in [3.8, 4) is 0 Å². The van der Waals surface area contributed by atoms with Crippen LogP contribution in [0.15, 0.2) is 70.5 Å². The first-order chi connectivity index (χ1) is 8.92. The van der Waals surface area contributed by atoms with Crippen molar-refractivity contribution in [2.45, 2.75) is 16.2 Å². The van der Waals surface area contributed by atoms with Crippen LogP contribution in [0, 0.1) is 0 Å². The van der Waals surface area contributed by atoms with E-state index in [9.17, 15) is 0 Å². The zero-order chi connectivity index (χ0) is 11.9. The van der Waals surface area contributed by atoms with Crippen molar-refractivity contribution in [2.75, 3.05) is 0 Å². The molecule has 0 nitrogen and oxygen atoms in total. The van der Waals surface area contributed by atoms with Crippen molar-refractivity contribution in [1.29, 1.82) is 0 Å². The number of hydrogen-bond acceptors (Lipinski definition) is 1. The average Bonchev–Trinajstić information content (AvgIpc) is 2.45. The van der Waals surface area contributed by atoms with E-state index in [2.05, 4.69) is 60.7 Å². The van der Waals surface area contributed by atoms with Crippen LogP contribution in [0.3, 0.4) is 0 Å². The molecule has 1 aliphatic heterocycles. The van der Waals surface area contributed by atoms with Gasteiger partial charge >= 0.3 is 0 Å². The summed E-state index contributed by atoms with van der Waals surface area (Å²) in [5.41, 5.74) is 2.93. The van der Waals surface area contributed by atoms with E-state index in [1.807, 2.05) is 11.8 Å². The van der Waals surface area contributed by atoms with Gasteiger partial charge in [0.2, 0.25) is 0 Å². The van der Waals surface area contributed by atoms with Crippen molar-refractivity contribution in [1.82, 2.24) is 0 Å². The second-order valence-corrected chi connectivity index (χ2v) is 5.73. The topological polar surface area (TPSA) is 0 Å². The minimum Gasteiger partial charge on any atom is -0.0895 e. The monoisotopic (exact) mass is 248 g/mol. The summed E-state index contributed by atoms with van der Waals surface area (Å²) < 4.78 is 0. The molecule has 0 fully saturated rings. The van der Waals surface area contributed by atoms with Crippen LogP contribution in [0.2, 0.25) is 0 Å². The highest BCUT2D eigenvalue weighted by molar-refractivity contribution is 7.99. The van der Waals surface area contributed by atoms with Gasteiger partial charge in [0.25, 0.3) is 0 Å². The third-order valence-corrected chi connectivity index (χ3v) is 4.78. The van der Waals surface area contributed by atoms with Crippen molar-refractivity contribution in [3.63, 3.8) is 0 Å². The highest BCUT2D eigenvalue weighted by Crippen LogP contribution is 2.41. The fourth-order valence-corrected chi connectivity index (χ4v) is 3.75. The molecule has 0 amide bonds. The fourth-order valence-electron chi connectivity index (χ4n) is 2.65. The molecule has 18 heavy (non-hydrogen) atoms. The third-order valence-electron chi connectivity index (χ3n) is 3.56. The lowest BCUT2D eigenvalue weighted by atomic mass is 9.98. The Morgan fingerprint density at radius 2 is 1.56 bits per heavy atom. The molecule has 0 atom stereocenters. The zero-order valence-electron chi connectivity index (χ0n) is 9.89. The molecule has 1 heterocycles. The van der Waals surface area contributed by atoms with Gasteiger partial charge in [0.15, 0.2) is 0 Å². The lowest BCUT2D eigenvalue weighted by Crippen LogP contribution is -2.00. The maximum absolute atomic E-state index is 2.26. The molecule has 0 aromatic heterocycles. The summed E-state index contributed by atoms with van der Waals surface area (Å²) in [5, 5.41) is 2.74. The van der Waals surface area contributed by atoms with E-state index in [1.165, 1.54) is 31.7 Å². The lowest BCUT2D eigenvalue weighted by Gasteiger charge is -2.20. The molecular formula is C17H12S. The quantitative estimate of drug-likeness (QED) is 0.426. The van der Waals surface area contributed by atoms with E-state index in [0.29, 0.717) is 0 Å². The number of hydrogen-bond donors (Lipinski definition) is 0. The second kappa shape index (κ2) is 3.89. The van der Waals surface area contributed by atoms with E-state index >= 15 is 0 Å². The summed E-state index contributed by atoms with van der Waals surface area (Å²) in [7, 11) is 0. The largest absolute Gasteiger partial charge is 0.0895 e. The Bertz CT molecular complexity index is 743. The summed E-state index contributed by atoms with van der Waals surface area (Å²) >= 11 is 1.90. The summed E-state index contributed by atoms with van der Waals surface area (Å²) in [6.07, 6.45) is 1.06. The van der Waals surface area contributed by atoms with Crippen molar-refractivity contribution < 1.29 is 0 Å². The van der Waals surface area contributed by atoms with E-state index in [4.69, 9.17) is 0 Å². The Balaban J connectivity index is 1.98. The summed E-state index contributed by atoms with van der Waals surface area (Å²) in [4.78, 5) is 2.81. The number of fused-ring (bicyclic) bond motifs is 4. The molecule has 0 unspecified atom stereocenters. The Hall–Kier alpha value is -1.73. The normalized spacial score (nSPS) is 13.1. The van der Waals surface area contributed by atoms with Gasteiger partial charge in [0.05, 0.1) is 0 Å². The molecule has 0 radical (unpaired) electrons. The van der Waals surface area contributed by atoms with Gasteiger partial charge in [-0.3, -0.25) is 0 Å². The van der Waals surface area contributed by atoms with Gasteiger partial charge < -0.3 is 0 Å². The van der Waals surface area contributed by atoms with Gasteiger partial charge in [-0.15, -0.1) is 0 Å². The number of rotatable bonds is 0. The van der Waals surface area contributed by atoms with Crippen LogP contribution in [0.1, 0.15) is 11.1 Å². The molecule has 3 aromatic rings. The first kappa shape index (κ1) is 10.2. The van der Waals surface area contributed by atoms with Gasteiger partial charge in [-0.25, -0.2) is 0 Å². The molecule has 0 aliphatic carbocycles. The Kier molecular flexibility index (Phi) is 2.21. The first-order valence-corrected chi connectivity index (χ1v) is 7.00. The molecule has 1 heteroatoms. The molecule has 4 rings (SSSR count). The van der Waals surface area contributed by atoms with E-state index in [1.54, 1.807) is 0 Å². The van der Waals surface area contributed by atoms with Crippen molar-refractivity contribution in [2.24, 2.45) is 0 Å². The highest BCUT2D eigenvalue weighted by Gasteiger charge is 2.17. The molecule has 0 saturated carbocycles. The van der Waals surface area contributed by atoms with E-state index in [0.717, 1.165) is 6.42 Å². The summed E-state index contributed by atoms with van der Waals surface area (Å²) in [6.45, 7) is 0. The number of benzene rings is 3. The Morgan fingerprint density at radius 1 is 0.722 bits per heavy atom. The van der Waals surface area contributed by atoms with Crippen LogP contribution >= 0.6 is 11.8 Å². The minimum absolute atomic E-state index is 1.06. The van der Waals surface area contributed by atoms with Gasteiger partial charge in [-0.2, -0.15) is 0 Å². The molecule has 86 valence electrons. The van der Waals surface area contributed by atoms with Gasteiger partial charge in [0, 0.05) is 16.2 Å². The maximum atomic E-state index is 2.26. The lowest BCUT2D eigenvalue weighted by molar-refractivity contribution is 1.07. The third kappa shape index (κ3) is 1.48. The predicted octanol–water partition coefficient (Wildman–Crippen LogP) is 4.90. The van der Waals surface area contributed by atoms with Gasteiger partial charge in [0.1, 0.15) is 0 Å². The standard InChI is InChI=1S/C17H12S/c1-3-7-14-12(5-1)9-10-17-15(14)11-13-6-2-4-8-16(13)18-17/h1-10H,11H2. The Labute approximate surface area is 111 Å². The van der Waals surface area contributed by atoms with Crippen LogP contribution in [0.4, 0.5) is 0 Å². The maximum Gasteiger partial charge on any atom is 0.0164 e. The van der Waals surface area contributed by atoms with Gasteiger partial charge in [-0.1, -0.05) is 60.3 Å². The molecule has 0 bridgehead atoms. The Morgan fingerprint density at radius 3 is 2.56 bits per heavy atom. The first-order valence-electron chi connectivity index (χ1n) is 6.18. The summed E-state index contributed by atoms with van der Waals surface area (Å²) in [6, 6.07) is 21.9. The van der Waals surface area contributed by atoms with Crippen molar-refractivity contribution >= 4 is 22.5 Å². The molecular weight excluding hydrogens is 236 g/mol. The smallest absolute Gasteiger partial charge is 0.0164 e. The molecule has 0 saturated heterocycles. The van der Waals surface area contributed by atoms with Crippen LogP contribution < -0.4 is 0 Å². The van der Waals surface area contributed by atoms with Crippen LogP contribution in [-0.4, -0.2) is 0 Å². The predicted molar refractivity (Wildman–Crippen MR) is 77.3 cm³/mol. The summed E-state index contributed by atoms with van der Waals surface area (Å²) in [5.74, 6) is 0. The SMILES string of the molecule is c1ccc2c(c1)Cc1c(ccc3ccccc13)S2. The van der Waals surface area contributed by atoms with Gasteiger partial charge in [-0.05, 0) is 34.0 Å². The van der Waals surface area contributed by atoms with Crippen LogP contribution in [-0.2, 0) is 6.42 Å². The fraction of sp³-hybridized carbons (Fsp3) is 0.0588. The van der Waals surface area contributed by atoms with Crippen LogP contribution in [0.25, 0.3) is 10.8 Å². The molecule has 0 N–H and O–H groups in total. The molecule has 0 spiro atoms. The molecule has 3 aromatic carbocycles. The molecule has 1 aliphatic rings. The highest BCUT2D eigenvalue weighted by atomic mass is 32.2. The van der Waals surface area contributed by atoms with Crippen molar-refractivity contribution in [3.05, 3.63) is 71.8 Å². The van der Waals surface area contributed by atoms with E-state index in [-0.39, 0.29) is 0 Å².